The fourth-order valence-electron chi connectivity index (χ4n) is 2.65. The lowest BCUT2D eigenvalue weighted by Gasteiger charge is -2.05. The third kappa shape index (κ3) is 3.00. The van der Waals surface area contributed by atoms with Crippen LogP contribution in [0.15, 0.2) is 18.2 Å². The molecule has 0 unspecified atom stereocenters. The van der Waals surface area contributed by atoms with Crippen molar-refractivity contribution in [3.8, 4) is 0 Å². The first-order valence-corrected chi connectivity index (χ1v) is 7.22. The van der Waals surface area contributed by atoms with Crippen LogP contribution in [0.5, 0.6) is 0 Å². The standard InChI is InChI=1S/C16H17F2N3O/c1-9-15(11-3-4-11)16(20-21(9)2)19-14(22)7-10-5-12(17)8-13(18)6-10/h5-6,8,11H,3-4,7H2,1-2H3,(H,19,20,22). The van der Waals surface area contributed by atoms with Crippen molar-refractivity contribution >= 4 is 11.7 Å². The summed E-state index contributed by atoms with van der Waals surface area (Å²) in [7, 11) is 1.83. The Kier molecular flexibility index (Phi) is 3.68. The second-order valence-electron chi connectivity index (χ2n) is 5.75. The minimum atomic E-state index is -0.685. The summed E-state index contributed by atoms with van der Waals surface area (Å²) in [5.41, 5.74) is 2.41. The van der Waals surface area contributed by atoms with Gasteiger partial charge in [0.1, 0.15) is 11.6 Å². The predicted octanol–water partition coefficient (Wildman–Crippen LogP) is 3.07. The summed E-state index contributed by atoms with van der Waals surface area (Å²) in [4.78, 5) is 12.1. The number of aromatic nitrogens is 2. The number of nitrogens with zero attached hydrogens (tertiary/aromatic N) is 2. The number of carbonyl (C=O) groups is 1. The number of benzene rings is 1. The number of anilines is 1. The van der Waals surface area contributed by atoms with Gasteiger partial charge in [-0.1, -0.05) is 0 Å². The van der Waals surface area contributed by atoms with Gasteiger partial charge in [-0.3, -0.25) is 9.48 Å². The molecule has 1 amide bonds. The van der Waals surface area contributed by atoms with Crippen LogP contribution in [-0.4, -0.2) is 15.7 Å². The molecule has 2 aromatic rings. The van der Waals surface area contributed by atoms with Crippen LogP contribution in [0.25, 0.3) is 0 Å². The minimum Gasteiger partial charge on any atom is -0.309 e. The van der Waals surface area contributed by atoms with E-state index in [0.717, 1.165) is 42.3 Å². The van der Waals surface area contributed by atoms with Crippen LogP contribution >= 0.6 is 0 Å². The maximum absolute atomic E-state index is 13.2. The molecule has 6 heteroatoms. The summed E-state index contributed by atoms with van der Waals surface area (Å²) in [6.45, 7) is 1.97. The van der Waals surface area contributed by atoms with Crippen molar-refractivity contribution in [2.45, 2.75) is 32.1 Å². The Balaban J connectivity index is 1.76. The van der Waals surface area contributed by atoms with Crippen molar-refractivity contribution in [1.82, 2.24) is 9.78 Å². The Hall–Kier alpha value is -2.24. The molecule has 1 heterocycles. The topological polar surface area (TPSA) is 46.9 Å². The largest absolute Gasteiger partial charge is 0.309 e. The van der Waals surface area contributed by atoms with Crippen molar-refractivity contribution in [2.24, 2.45) is 7.05 Å². The molecule has 4 nitrogen and oxygen atoms in total. The molecule has 1 fully saturated rings. The predicted molar refractivity (Wildman–Crippen MR) is 78.6 cm³/mol. The van der Waals surface area contributed by atoms with E-state index in [9.17, 15) is 13.6 Å². The molecule has 0 spiro atoms. The average molecular weight is 305 g/mol. The molecule has 0 radical (unpaired) electrons. The van der Waals surface area contributed by atoms with E-state index < -0.39 is 11.6 Å². The van der Waals surface area contributed by atoms with Crippen LogP contribution < -0.4 is 5.32 Å². The first-order valence-electron chi connectivity index (χ1n) is 7.22. The lowest BCUT2D eigenvalue weighted by atomic mass is 10.1. The number of carbonyl (C=O) groups excluding carboxylic acids is 1. The van der Waals surface area contributed by atoms with Crippen LogP contribution in [0.2, 0.25) is 0 Å². The smallest absolute Gasteiger partial charge is 0.230 e. The molecular weight excluding hydrogens is 288 g/mol. The number of hydrogen-bond acceptors (Lipinski definition) is 2. The fourth-order valence-corrected chi connectivity index (χ4v) is 2.65. The van der Waals surface area contributed by atoms with E-state index in [1.165, 1.54) is 0 Å². The van der Waals surface area contributed by atoms with E-state index in [-0.39, 0.29) is 12.3 Å². The van der Waals surface area contributed by atoms with Crippen molar-refractivity contribution < 1.29 is 13.6 Å². The fraction of sp³-hybridized carbons (Fsp3) is 0.375. The van der Waals surface area contributed by atoms with E-state index in [4.69, 9.17) is 0 Å². The average Bonchev–Trinajstić information content (AvgIpc) is 3.17. The summed E-state index contributed by atoms with van der Waals surface area (Å²) in [6.07, 6.45) is 2.11. The molecule has 1 saturated carbocycles. The van der Waals surface area contributed by atoms with Gasteiger partial charge in [-0.05, 0) is 43.4 Å². The quantitative estimate of drug-likeness (QED) is 0.943. The monoisotopic (exact) mass is 305 g/mol. The van der Waals surface area contributed by atoms with Gasteiger partial charge < -0.3 is 5.32 Å². The Labute approximate surface area is 127 Å². The van der Waals surface area contributed by atoms with Gasteiger partial charge >= 0.3 is 0 Å². The molecule has 1 aliphatic rings. The first kappa shape index (κ1) is 14.7. The molecule has 3 rings (SSSR count). The van der Waals surface area contributed by atoms with Gasteiger partial charge in [0.05, 0.1) is 6.42 Å². The Morgan fingerprint density at radius 3 is 2.55 bits per heavy atom. The Morgan fingerprint density at radius 1 is 1.32 bits per heavy atom. The zero-order valence-electron chi connectivity index (χ0n) is 12.5. The molecule has 0 aliphatic heterocycles. The summed E-state index contributed by atoms with van der Waals surface area (Å²) < 4.78 is 28.0. The maximum Gasteiger partial charge on any atom is 0.230 e. The molecule has 0 bridgehead atoms. The molecule has 1 N–H and O–H groups in total. The normalized spacial score (nSPS) is 14.2. The molecular formula is C16H17F2N3O. The number of halogens is 2. The molecule has 1 aromatic carbocycles. The highest BCUT2D eigenvalue weighted by Gasteiger charge is 2.31. The van der Waals surface area contributed by atoms with Crippen molar-refractivity contribution in [1.29, 1.82) is 0 Å². The zero-order chi connectivity index (χ0) is 15.9. The van der Waals surface area contributed by atoms with Crippen LogP contribution in [0.1, 0.15) is 35.6 Å². The van der Waals surface area contributed by atoms with Gasteiger partial charge in [0.15, 0.2) is 5.82 Å². The highest BCUT2D eigenvalue weighted by atomic mass is 19.1. The van der Waals surface area contributed by atoms with E-state index in [1.54, 1.807) is 4.68 Å². The van der Waals surface area contributed by atoms with Crippen molar-refractivity contribution in [2.75, 3.05) is 5.32 Å². The molecule has 0 saturated heterocycles. The Morgan fingerprint density at radius 2 is 1.95 bits per heavy atom. The second kappa shape index (κ2) is 5.51. The highest BCUT2D eigenvalue weighted by Crippen LogP contribution is 2.44. The number of amides is 1. The van der Waals surface area contributed by atoms with E-state index in [2.05, 4.69) is 10.4 Å². The van der Waals surface area contributed by atoms with Crippen LogP contribution in [-0.2, 0) is 18.3 Å². The van der Waals surface area contributed by atoms with Gasteiger partial charge in [0.2, 0.25) is 5.91 Å². The molecule has 116 valence electrons. The van der Waals surface area contributed by atoms with Crippen molar-refractivity contribution in [3.63, 3.8) is 0 Å². The van der Waals surface area contributed by atoms with Gasteiger partial charge in [-0.2, -0.15) is 5.10 Å². The zero-order valence-corrected chi connectivity index (χ0v) is 12.5. The van der Waals surface area contributed by atoms with E-state index in [0.29, 0.717) is 17.3 Å². The summed E-state index contributed by atoms with van der Waals surface area (Å²) in [6, 6.07) is 3.11. The number of rotatable bonds is 4. The van der Waals surface area contributed by atoms with Gasteiger partial charge in [-0.15, -0.1) is 0 Å². The third-order valence-electron chi connectivity index (χ3n) is 3.91. The lowest BCUT2D eigenvalue weighted by molar-refractivity contribution is -0.115. The molecule has 1 aromatic heterocycles. The van der Waals surface area contributed by atoms with Crippen molar-refractivity contribution in [3.05, 3.63) is 46.7 Å². The summed E-state index contributed by atoms with van der Waals surface area (Å²) in [5, 5.41) is 7.09. The maximum atomic E-state index is 13.2. The number of hydrogen-bond donors (Lipinski definition) is 1. The minimum absolute atomic E-state index is 0.0889. The van der Waals surface area contributed by atoms with E-state index >= 15 is 0 Å². The Bertz CT molecular complexity index is 715. The molecule has 22 heavy (non-hydrogen) atoms. The van der Waals surface area contributed by atoms with E-state index in [1.807, 2.05) is 14.0 Å². The number of nitrogens with one attached hydrogen (secondary N) is 1. The highest BCUT2D eigenvalue weighted by molar-refractivity contribution is 5.92. The third-order valence-corrected chi connectivity index (χ3v) is 3.91. The van der Waals surface area contributed by atoms with Gasteiger partial charge in [0, 0.05) is 24.4 Å². The van der Waals surface area contributed by atoms with Crippen LogP contribution in [0.4, 0.5) is 14.6 Å². The number of aryl methyl sites for hydroxylation is 1. The molecule has 0 atom stereocenters. The molecule has 1 aliphatic carbocycles. The summed E-state index contributed by atoms with van der Waals surface area (Å²) >= 11 is 0. The van der Waals surface area contributed by atoms with Gasteiger partial charge in [0.25, 0.3) is 0 Å². The lowest BCUT2D eigenvalue weighted by Crippen LogP contribution is -2.16. The van der Waals surface area contributed by atoms with Crippen LogP contribution in [0, 0.1) is 18.6 Å². The van der Waals surface area contributed by atoms with Crippen LogP contribution in [0.3, 0.4) is 0 Å². The van der Waals surface area contributed by atoms with Gasteiger partial charge in [-0.25, -0.2) is 8.78 Å². The first-order chi connectivity index (χ1) is 10.4. The SMILES string of the molecule is Cc1c(C2CC2)c(NC(=O)Cc2cc(F)cc(F)c2)nn1C. The summed E-state index contributed by atoms with van der Waals surface area (Å²) in [5.74, 6) is -0.685. The second-order valence-corrected chi connectivity index (χ2v) is 5.75.